The molecule has 0 unspecified atom stereocenters. The number of nitrogens with zero attached hydrogens (tertiary/aromatic N) is 4. The standard InChI is InChI=1S/C15H14N4O/c1-19-11-17-15(18-19)12-5-7-14(8-6-12)20-10-13-4-2-3-9-16-13/h2-9,11H,10H2,1H3. The summed E-state index contributed by atoms with van der Waals surface area (Å²) in [7, 11) is 1.85. The number of benzene rings is 1. The third-order valence-electron chi connectivity index (χ3n) is 2.82. The lowest BCUT2D eigenvalue weighted by Crippen LogP contribution is -1.97. The molecule has 1 aromatic carbocycles. The van der Waals surface area contributed by atoms with E-state index in [2.05, 4.69) is 15.1 Å². The predicted molar refractivity (Wildman–Crippen MR) is 75.0 cm³/mol. The topological polar surface area (TPSA) is 52.8 Å². The van der Waals surface area contributed by atoms with Gasteiger partial charge in [-0.3, -0.25) is 9.67 Å². The number of hydrogen-bond acceptors (Lipinski definition) is 4. The van der Waals surface area contributed by atoms with Gasteiger partial charge in [0.05, 0.1) is 5.69 Å². The van der Waals surface area contributed by atoms with Crippen molar-refractivity contribution in [2.24, 2.45) is 7.05 Å². The van der Waals surface area contributed by atoms with Crippen LogP contribution in [-0.2, 0) is 13.7 Å². The molecular weight excluding hydrogens is 252 g/mol. The van der Waals surface area contributed by atoms with Crippen molar-refractivity contribution in [3.8, 4) is 17.1 Å². The van der Waals surface area contributed by atoms with Crippen molar-refractivity contribution in [1.29, 1.82) is 0 Å². The summed E-state index contributed by atoms with van der Waals surface area (Å²) in [5, 5.41) is 4.26. The monoisotopic (exact) mass is 266 g/mol. The van der Waals surface area contributed by atoms with Crippen LogP contribution in [0.5, 0.6) is 5.75 Å². The van der Waals surface area contributed by atoms with E-state index in [1.165, 1.54) is 0 Å². The SMILES string of the molecule is Cn1cnc(-c2ccc(OCc3ccccn3)cc2)n1. The summed E-state index contributed by atoms with van der Waals surface area (Å²) in [5.74, 6) is 1.51. The second kappa shape index (κ2) is 5.52. The van der Waals surface area contributed by atoms with Crippen LogP contribution in [0.15, 0.2) is 55.0 Å². The molecule has 0 radical (unpaired) electrons. The molecule has 0 aliphatic carbocycles. The zero-order valence-corrected chi connectivity index (χ0v) is 11.1. The van der Waals surface area contributed by atoms with E-state index in [1.807, 2.05) is 49.5 Å². The van der Waals surface area contributed by atoms with Crippen molar-refractivity contribution in [2.75, 3.05) is 0 Å². The minimum Gasteiger partial charge on any atom is -0.487 e. The minimum atomic E-state index is 0.460. The molecule has 0 bridgehead atoms. The van der Waals surface area contributed by atoms with Gasteiger partial charge in [-0.25, -0.2) is 4.98 Å². The number of aromatic nitrogens is 4. The summed E-state index contributed by atoms with van der Waals surface area (Å²) in [4.78, 5) is 8.42. The molecule has 3 aromatic rings. The van der Waals surface area contributed by atoms with Gasteiger partial charge in [0, 0.05) is 18.8 Å². The largest absolute Gasteiger partial charge is 0.487 e. The van der Waals surface area contributed by atoms with Gasteiger partial charge in [0.15, 0.2) is 5.82 Å². The van der Waals surface area contributed by atoms with Crippen LogP contribution in [0, 0.1) is 0 Å². The van der Waals surface area contributed by atoms with Gasteiger partial charge in [-0.1, -0.05) is 6.07 Å². The van der Waals surface area contributed by atoms with E-state index in [1.54, 1.807) is 17.2 Å². The molecule has 0 N–H and O–H groups in total. The highest BCUT2D eigenvalue weighted by Crippen LogP contribution is 2.19. The fraction of sp³-hybridized carbons (Fsp3) is 0.133. The number of rotatable bonds is 4. The summed E-state index contributed by atoms with van der Waals surface area (Å²) >= 11 is 0. The van der Waals surface area contributed by atoms with E-state index in [0.717, 1.165) is 17.0 Å². The Morgan fingerprint density at radius 3 is 2.55 bits per heavy atom. The van der Waals surface area contributed by atoms with Crippen molar-refractivity contribution >= 4 is 0 Å². The van der Waals surface area contributed by atoms with Crippen LogP contribution in [0.2, 0.25) is 0 Å². The van der Waals surface area contributed by atoms with Crippen molar-refractivity contribution in [3.05, 3.63) is 60.7 Å². The average molecular weight is 266 g/mol. The molecule has 0 saturated carbocycles. The molecule has 5 nitrogen and oxygen atoms in total. The Morgan fingerprint density at radius 1 is 1.05 bits per heavy atom. The third kappa shape index (κ3) is 2.83. The number of pyridine rings is 1. The molecule has 0 aliphatic rings. The zero-order chi connectivity index (χ0) is 13.8. The Morgan fingerprint density at radius 2 is 1.90 bits per heavy atom. The molecule has 5 heteroatoms. The third-order valence-corrected chi connectivity index (χ3v) is 2.82. The Labute approximate surface area is 116 Å². The molecule has 20 heavy (non-hydrogen) atoms. The molecule has 0 fully saturated rings. The van der Waals surface area contributed by atoms with Crippen LogP contribution in [0.1, 0.15) is 5.69 Å². The second-order valence-electron chi connectivity index (χ2n) is 4.38. The van der Waals surface area contributed by atoms with Crippen LogP contribution in [0.25, 0.3) is 11.4 Å². The van der Waals surface area contributed by atoms with Gasteiger partial charge in [0.1, 0.15) is 18.7 Å². The van der Waals surface area contributed by atoms with Gasteiger partial charge in [-0.05, 0) is 36.4 Å². The Kier molecular flexibility index (Phi) is 3.41. The Hall–Kier alpha value is -2.69. The van der Waals surface area contributed by atoms with E-state index in [-0.39, 0.29) is 0 Å². The van der Waals surface area contributed by atoms with Gasteiger partial charge < -0.3 is 4.74 Å². The molecule has 2 heterocycles. The molecule has 3 rings (SSSR count). The highest BCUT2D eigenvalue weighted by molar-refractivity contribution is 5.55. The average Bonchev–Trinajstić information content (AvgIpc) is 2.93. The molecule has 0 saturated heterocycles. The number of ether oxygens (including phenoxy) is 1. The van der Waals surface area contributed by atoms with Gasteiger partial charge in [0.25, 0.3) is 0 Å². The maximum Gasteiger partial charge on any atom is 0.181 e. The number of aryl methyl sites for hydroxylation is 1. The van der Waals surface area contributed by atoms with E-state index < -0.39 is 0 Å². The lowest BCUT2D eigenvalue weighted by molar-refractivity contribution is 0.301. The first-order valence-corrected chi connectivity index (χ1v) is 6.30. The van der Waals surface area contributed by atoms with E-state index in [0.29, 0.717) is 12.4 Å². The van der Waals surface area contributed by atoms with Crippen molar-refractivity contribution in [2.45, 2.75) is 6.61 Å². The van der Waals surface area contributed by atoms with Gasteiger partial charge in [0.2, 0.25) is 0 Å². The molecule has 0 aliphatic heterocycles. The molecule has 2 aromatic heterocycles. The van der Waals surface area contributed by atoms with Crippen LogP contribution in [-0.4, -0.2) is 19.7 Å². The maximum atomic E-state index is 5.68. The summed E-state index contributed by atoms with van der Waals surface area (Å²) < 4.78 is 7.36. The van der Waals surface area contributed by atoms with Crippen LogP contribution < -0.4 is 4.74 Å². The maximum absolute atomic E-state index is 5.68. The summed E-state index contributed by atoms with van der Waals surface area (Å²) in [6.07, 6.45) is 3.44. The quantitative estimate of drug-likeness (QED) is 0.728. The smallest absolute Gasteiger partial charge is 0.181 e. The van der Waals surface area contributed by atoms with Crippen molar-refractivity contribution in [1.82, 2.24) is 19.7 Å². The summed E-state index contributed by atoms with van der Waals surface area (Å²) in [6, 6.07) is 13.5. The first-order valence-electron chi connectivity index (χ1n) is 6.30. The number of hydrogen-bond donors (Lipinski definition) is 0. The molecule has 0 spiro atoms. The second-order valence-corrected chi connectivity index (χ2v) is 4.38. The molecule has 0 amide bonds. The lowest BCUT2D eigenvalue weighted by atomic mass is 10.2. The van der Waals surface area contributed by atoms with Crippen molar-refractivity contribution in [3.63, 3.8) is 0 Å². The van der Waals surface area contributed by atoms with Crippen LogP contribution in [0.3, 0.4) is 0 Å². The molecule has 0 atom stereocenters. The summed E-state index contributed by atoms with van der Waals surface area (Å²) in [5.41, 5.74) is 1.87. The van der Waals surface area contributed by atoms with E-state index in [9.17, 15) is 0 Å². The normalized spacial score (nSPS) is 10.4. The highest BCUT2D eigenvalue weighted by Gasteiger charge is 2.03. The Balaban J connectivity index is 1.67. The zero-order valence-electron chi connectivity index (χ0n) is 11.1. The van der Waals surface area contributed by atoms with Gasteiger partial charge in [-0.15, -0.1) is 0 Å². The fourth-order valence-electron chi connectivity index (χ4n) is 1.81. The predicted octanol–water partition coefficient (Wildman–Crippen LogP) is 2.46. The van der Waals surface area contributed by atoms with Gasteiger partial charge >= 0.3 is 0 Å². The van der Waals surface area contributed by atoms with Crippen molar-refractivity contribution < 1.29 is 4.74 Å². The summed E-state index contributed by atoms with van der Waals surface area (Å²) in [6.45, 7) is 0.460. The van der Waals surface area contributed by atoms with E-state index >= 15 is 0 Å². The minimum absolute atomic E-state index is 0.460. The van der Waals surface area contributed by atoms with Gasteiger partial charge in [-0.2, -0.15) is 5.10 Å². The molecular formula is C15H14N4O. The lowest BCUT2D eigenvalue weighted by Gasteiger charge is -2.05. The Bertz CT molecular complexity index is 677. The van der Waals surface area contributed by atoms with Crippen LogP contribution >= 0.6 is 0 Å². The highest BCUT2D eigenvalue weighted by atomic mass is 16.5. The fourth-order valence-corrected chi connectivity index (χ4v) is 1.81. The first kappa shape index (κ1) is 12.3. The van der Waals surface area contributed by atoms with Crippen LogP contribution in [0.4, 0.5) is 0 Å². The first-order chi connectivity index (χ1) is 9.81. The molecule has 100 valence electrons. The van der Waals surface area contributed by atoms with E-state index in [4.69, 9.17) is 4.74 Å².